The molecule has 0 radical (unpaired) electrons. The largest absolute Gasteiger partial charge is 0.382 e. The van der Waals surface area contributed by atoms with E-state index in [0.29, 0.717) is 16.3 Å². The van der Waals surface area contributed by atoms with Crippen molar-refractivity contribution in [1.29, 1.82) is 0 Å². The second-order valence-corrected chi connectivity index (χ2v) is 5.65. The van der Waals surface area contributed by atoms with Crippen LogP contribution in [0.25, 0.3) is 0 Å². The van der Waals surface area contributed by atoms with Gasteiger partial charge in [-0.2, -0.15) is 0 Å². The lowest BCUT2D eigenvalue weighted by Gasteiger charge is -2.24. The molecule has 92 valence electrons. The maximum atomic E-state index is 6.18. The molecule has 4 nitrogen and oxygen atoms in total. The van der Waals surface area contributed by atoms with E-state index < -0.39 is 0 Å². The molecule has 2 aliphatic rings. The lowest BCUT2D eigenvalue weighted by molar-refractivity contribution is 0.340. The van der Waals surface area contributed by atoms with Gasteiger partial charge in [0.15, 0.2) is 5.82 Å². The zero-order chi connectivity index (χ0) is 11.9. The Morgan fingerprint density at radius 1 is 1.24 bits per heavy atom. The zero-order valence-corrected chi connectivity index (χ0v) is 10.6. The van der Waals surface area contributed by atoms with Gasteiger partial charge in [-0.3, -0.25) is 0 Å². The highest BCUT2D eigenvalue weighted by atomic mass is 35.5. The Labute approximate surface area is 106 Å². The van der Waals surface area contributed by atoms with Gasteiger partial charge in [-0.15, -0.1) is 0 Å². The molecule has 0 atom stereocenters. The first-order chi connectivity index (χ1) is 8.20. The van der Waals surface area contributed by atoms with Crippen LogP contribution >= 0.6 is 11.6 Å². The molecule has 1 aromatic rings. The average molecular weight is 253 g/mol. The molecule has 0 bridgehead atoms. The summed E-state index contributed by atoms with van der Waals surface area (Å²) in [6.07, 6.45) is 8.19. The van der Waals surface area contributed by atoms with Gasteiger partial charge in [-0.25, -0.2) is 9.97 Å². The third-order valence-corrected chi connectivity index (χ3v) is 4.56. The average Bonchev–Trinajstić information content (AvgIpc) is 2.94. The molecule has 1 spiro atoms. The highest BCUT2D eigenvalue weighted by molar-refractivity contribution is 6.35. The minimum absolute atomic E-state index is 0.379. The number of rotatable bonds is 1. The molecule has 2 heterocycles. The molecule has 0 amide bonds. The van der Waals surface area contributed by atoms with Crippen LogP contribution in [0.15, 0.2) is 6.33 Å². The van der Waals surface area contributed by atoms with E-state index in [-0.39, 0.29) is 0 Å². The molecular formula is C12H17ClN4. The minimum Gasteiger partial charge on any atom is -0.382 e. The molecule has 2 fully saturated rings. The summed E-state index contributed by atoms with van der Waals surface area (Å²) in [4.78, 5) is 10.5. The predicted octanol–water partition coefficient (Wildman–Crippen LogP) is 2.48. The standard InChI is InChI=1S/C12H17ClN4/c13-9-10(14)15-8-16-11(9)17-6-5-12(7-17)3-1-2-4-12/h8H,1-7H2,(H2,14,15,16). The van der Waals surface area contributed by atoms with Crippen molar-refractivity contribution in [3.05, 3.63) is 11.3 Å². The summed E-state index contributed by atoms with van der Waals surface area (Å²) >= 11 is 6.18. The fourth-order valence-electron chi connectivity index (χ4n) is 3.24. The van der Waals surface area contributed by atoms with E-state index in [1.54, 1.807) is 0 Å². The van der Waals surface area contributed by atoms with Gasteiger partial charge in [-0.1, -0.05) is 24.4 Å². The summed E-state index contributed by atoms with van der Waals surface area (Å²) in [5.74, 6) is 1.19. The van der Waals surface area contributed by atoms with Crippen molar-refractivity contribution in [2.24, 2.45) is 5.41 Å². The molecule has 1 saturated carbocycles. The number of nitrogens with two attached hydrogens (primary N) is 1. The Bertz CT molecular complexity index is 429. The molecule has 2 N–H and O–H groups in total. The van der Waals surface area contributed by atoms with E-state index in [2.05, 4.69) is 14.9 Å². The number of hydrogen-bond donors (Lipinski definition) is 1. The van der Waals surface area contributed by atoms with Gasteiger partial charge < -0.3 is 10.6 Å². The first-order valence-corrected chi connectivity index (χ1v) is 6.59. The van der Waals surface area contributed by atoms with Crippen molar-refractivity contribution in [1.82, 2.24) is 9.97 Å². The molecule has 0 unspecified atom stereocenters. The molecule has 1 aromatic heterocycles. The lowest BCUT2D eigenvalue weighted by Crippen LogP contribution is -2.26. The predicted molar refractivity (Wildman–Crippen MR) is 69.2 cm³/mol. The van der Waals surface area contributed by atoms with Crippen LogP contribution in [0.1, 0.15) is 32.1 Å². The van der Waals surface area contributed by atoms with Crippen LogP contribution in [0, 0.1) is 5.41 Å². The van der Waals surface area contributed by atoms with Crippen LogP contribution in [0.4, 0.5) is 11.6 Å². The molecule has 17 heavy (non-hydrogen) atoms. The highest BCUT2D eigenvalue weighted by Gasteiger charge is 2.41. The monoisotopic (exact) mass is 252 g/mol. The van der Waals surface area contributed by atoms with Crippen LogP contribution in [-0.4, -0.2) is 23.1 Å². The fourth-order valence-corrected chi connectivity index (χ4v) is 3.46. The number of halogens is 1. The smallest absolute Gasteiger partial charge is 0.153 e. The van der Waals surface area contributed by atoms with Crippen LogP contribution < -0.4 is 10.6 Å². The van der Waals surface area contributed by atoms with Gasteiger partial charge >= 0.3 is 0 Å². The maximum absolute atomic E-state index is 6.18. The Morgan fingerprint density at radius 3 is 2.76 bits per heavy atom. The van der Waals surface area contributed by atoms with Crippen molar-refractivity contribution in [2.75, 3.05) is 23.7 Å². The molecule has 1 aliphatic carbocycles. The Morgan fingerprint density at radius 2 is 2.00 bits per heavy atom. The minimum atomic E-state index is 0.379. The normalized spacial score (nSPS) is 22.5. The molecule has 1 aliphatic heterocycles. The summed E-state index contributed by atoms with van der Waals surface area (Å²) in [5.41, 5.74) is 6.24. The quantitative estimate of drug-likeness (QED) is 0.834. The van der Waals surface area contributed by atoms with E-state index in [1.165, 1.54) is 38.4 Å². The lowest BCUT2D eigenvalue weighted by atomic mass is 9.86. The van der Waals surface area contributed by atoms with Crippen LogP contribution in [0.3, 0.4) is 0 Å². The summed E-state index contributed by atoms with van der Waals surface area (Å²) in [6.45, 7) is 2.11. The second kappa shape index (κ2) is 4.02. The maximum Gasteiger partial charge on any atom is 0.153 e. The summed E-state index contributed by atoms with van der Waals surface area (Å²) in [5, 5.41) is 0.502. The summed E-state index contributed by atoms with van der Waals surface area (Å²) < 4.78 is 0. The van der Waals surface area contributed by atoms with Crippen molar-refractivity contribution in [3.63, 3.8) is 0 Å². The first kappa shape index (κ1) is 11.1. The van der Waals surface area contributed by atoms with Crippen molar-refractivity contribution in [2.45, 2.75) is 32.1 Å². The SMILES string of the molecule is Nc1ncnc(N2CCC3(CCCC3)C2)c1Cl. The summed E-state index contributed by atoms with van der Waals surface area (Å²) in [6, 6.07) is 0. The number of nitrogens with zero attached hydrogens (tertiary/aromatic N) is 3. The number of aromatic nitrogens is 2. The van der Waals surface area contributed by atoms with Crippen molar-refractivity contribution in [3.8, 4) is 0 Å². The zero-order valence-electron chi connectivity index (χ0n) is 9.82. The molecule has 0 aromatic carbocycles. The van der Waals surface area contributed by atoms with Crippen LogP contribution in [0.5, 0.6) is 0 Å². The molecule has 5 heteroatoms. The van der Waals surface area contributed by atoms with Crippen LogP contribution in [0.2, 0.25) is 5.02 Å². The van der Waals surface area contributed by atoms with Crippen molar-refractivity contribution < 1.29 is 0 Å². The molecular weight excluding hydrogens is 236 g/mol. The van der Waals surface area contributed by atoms with Crippen molar-refractivity contribution >= 4 is 23.2 Å². The first-order valence-electron chi connectivity index (χ1n) is 6.21. The van der Waals surface area contributed by atoms with Crippen LogP contribution in [-0.2, 0) is 0 Å². The van der Waals surface area contributed by atoms with Gasteiger partial charge in [0.05, 0.1) is 0 Å². The van der Waals surface area contributed by atoms with Gasteiger partial charge in [0.2, 0.25) is 0 Å². The second-order valence-electron chi connectivity index (χ2n) is 5.28. The third-order valence-electron chi connectivity index (χ3n) is 4.20. The summed E-state index contributed by atoms with van der Waals surface area (Å²) in [7, 11) is 0. The Balaban J connectivity index is 1.84. The molecule has 3 rings (SSSR count). The van der Waals surface area contributed by atoms with E-state index in [4.69, 9.17) is 17.3 Å². The van der Waals surface area contributed by atoms with Gasteiger partial charge in [0, 0.05) is 13.1 Å². The van der Waals surface area contributed by atoms with E-state index in [9.17, 15) is 0 Å². The molecule has 1 saturated heterocycles. The fraction of sp³-hybridized carbons (Fsp3) is 0.667. The van der Waals surface area contributed by atoms with Gasteiger partial charge in [0.25, 0.3) is 0 Å². The Kier molecular flexibility index (Phi) is 2.62. The van der Waals surface area contributed by atoms with E-state index >= 15 is 0 Å². The van der Waals surface area contributed by atoms with Gasteiger partial charge in [0.1, 0.15) is 17.2 Å². The van der Waals surface area contributed by atoms with Gasteiger partial charge in [-0.05, 0) is 24.7 Å². The van der Waals surface area contributed by atoms with E-state index in [1.807, 2.05) is 0 Å². The number of hydrogen-bond acceptors (Lipinski definition) is 4. The highest BCUT2D eigenvalue weighted by Crippen LogP contribution is 2.46. The Hall–Kier alpha value is -1.03. The van der Waals surface area contributed by atoms with E-state index in [0.717, 1.165) is 18.9 Å². The topological polar surface area (TPSA) is 55.0 Å². The third kappa shape index (κ3) is 1.84. The number of anilines is 2. The number of nitrogen functional groups attached to an aromatic ring is 1.